The zero-order valence-corrected chi connectivity index (χ0v) is 14.3. The van der Waals surface area contributed by atoms with Gasteiger partial charge in [0.15, 0.2) is 0 Å². The van der Waals surface area contributed by atoms with Crippen LogP contribution in [0, 0.1) is 25.2 Å². The molecule has 0 saturated heterocycles. The molecule has 1 aromatic carbocycles. The van der Waals surface area contributed by atoms with Gasteiger partial charge in [-0.05, 0) is 44.2 Å². The van der Waals surface area contributed by atoms with Crippen molar-refractivity contribution in [2.24, 2.45) is 0 Å². The van der Waals surface area contributed by atoms with Crippen LogP contribution in [0.1, 0.15) is 17.0 Å². The van der Waals surface area contributed by atoms with E-state index in [1.54, 1.807) is 12.3 Å². The van der Waals surface area contributed by atoms with Gasteiger partial charge in [-0.3, -0.25) is 0 Å². The van der Waals surface area contributed by atoms with Crippen molar-refractivity contribution in [2.75, 3.05) is 0 Å². The Balaban J connectivity index is 1.77. The van der Waals surface area contributed by atoms with Gasteiger partial charge in [0.25, 0.3) is 0 Å². The van der Waals surface area contributed by atoms with E-state index in [0.29, 0.717) is 17.2 Å². The van der Waals surface area contributed by atoms with E-state index in [-0.39, 0.29) is 0 Å². The third-order valence-corrected chi connectivity index (χ3v) is 4.24. The number of hydrogen-bond donors (Lipinski definition) is 0. The first-order chi connectivity index (χ1) is 12.7. The van der Waals surface area contributed by atoms with Gasteiger partial charge in [-0.1, -0.05) is 0 Å². The highest BCUT2D eigenvalue weighted by molar-refractivity contribution is 5.75. The highest BCUT2D eigenvalue weighted by atomic mass is 16.5. The predicted octanol–water partition coefficient (Wildman–Crippen LogP) is 4.07. The first-order valence-electron chi connectivity index (χ1n) is 8.09. The predicted molar refractivity (Wildman–Crippen MR) is 96.9 cm³/mol. The number of aryl methyl sites for hydroxylation is 2. The molecule has 0 N–H and O–H groups in total. The fourth-order valence-electron chi connectivity index (χ4n) is 3.01. The molecule has 6 nitrogen and oxygen atoms in total. The zero-order valence-electron chi connectivity index (χ0n) is 14.3. The van der Waals surface area contributed by atoms with Crippen LogP contribution in [-0.4, -0.2) is 19.4 Å². The van der Waals surface area contributed by atoms with Gasteiger partial charge in [0.1, 0.15) is 17.6 Å². The molecular weight excluding hydrogens is 326 g/mol. The molecule has 0 aliphatic heterocycles. The molecule has 0 amide bonds. The Kier molecular flexibility index (Phi) is 3.82. The van der Waals surface area contributed by atoms with Gasteiger partial charge in [0.05, 0.1) is 11.6 Å². The Labute approximate surface area is 150 Å². The molecule has 3 heterocycles. The Morgan fingerprint density at radius 3 is 2.62 bits per heavy atom. The lowest BCUT2D eigenvalue weighted by Gasteiger charge is -2.12. The second-order valence-electron chi connectivity index (χ2n) is 5.87. The maximum Gasteiger partial charge on any atom is 0.243 e. The van der Waals surface area contributed by atoms with Gasteiger partial charge in [-0.25, -0.2) is 15.0 Å². The molecule has 0 atom stereocenters. The molecule has 4 aromatic rings. The highest BCUT2D eigenvalue weighted by Crippen LogP contribution is 2.32. The molecule has 0 aliphatic rings. The Hall–Kier alpha value is -3.72. The number of hydrogen-bond acceptors (Lipinski definition) is 5. The van der Waals surface area contributed by atoms with Crippen molar-refractivity contribution in [3.63, 3.8) is 0 Å². The molecule has 0 unspecified atom stereocenters. The quantitative estimate of drug-likeness (QED) is 0.561. The minimum atomic E-state index is 0.490. The number of aromatic nitrogens is 4. The minimum Gasteiger partial charge on any atom is -0.437 e. The molecule has 0 saturated carbocycles. The normalized spacial score (nSPS) is 10.7. The molecule has 0 fully saturated rings. The first kappa shape index (κ1) is 15.8. The monoisotopic (exact) mass is 341 g/mol. The van der Waals surface area contributed by atoms with Crippen molar-refractivity contribution in [3.8, 4) is 28.8 Å². The topological polar surface area (TPSA) is 76.1 Å². The lowest BCUT2D eigenvalue weighted by atomic mass is 9.98. The maximum atomic E-state index is 9.62. The summed E-state index contributed by atoms with van der Waals surface area (Å²) < 4.78 is 7.86. The van der Waals surface area contributed by atoms with Gasteiger partial charge in [-0.2, -0.15) is 5.26 Å². The van der Waals surface area contributed by atoms with Crippen molar-refractivity contribution in [3.05, 3.63) is 72.2 Å². The lowest BCUT2D eigenvalue weighted by Crippen LogP contribution is -1.97. The summed E-state index contributed by atoms with van der Waals surface area (Å²) in [7, 11) is 0. The van der Waals surface area contributed by atoms with E-state index in [1.165, 1.54) is 6.33 Å². The van der Waals surface area contributed by atoms with Crippen LogP contribution in [-0.2, 0) is 0 Å². The molecule has 126 valence electrons. The summed E-state index contributed by atoms with van der Waals surface area (Å²) in [5.41, 5.74) is 4.71. The van der Waals surface area contributed by atoms with Crippen LogP contribution in [0.5, 0.6) is 11.6 Å². The summed E-state index contributed by atoms with van der Waals surface area (Å²) in [5.74, 6) is 1.05. The average molecular weight is 341 g/mol. The number of fused-ring (bicyclic) bond motifs is 1. The van der Waals surface area contributed by atoms with Crippen molar-refractivity contribution in [1.82, 2.24) is 19.4 Å². The average Bonchev–Trinajstić information content (AvgIpc) is 3.12. The SMILES string of the molecule is Cc1ncnc(C)c1-c1ccc(Oc2nccn3cccc23)cc1C#N. The van der Waals surface area contributed by atoms with Gasteiger partial charge in [0, 0.05) is 41.1 Å². The molecule has 6 heteroatoms. The highest BCUT2D eigenvalue weighted by Gasteiger charge is 2.14. The Bertz CT molecular complexity index is 1140. The van der Waals surface area contributed by atoms with Crippen LogP contribution in [0.25, 0.3) is 16.6 Å². The maximum absolute atomic E-state index is 9.62. The van der Waals surface area contributed by atoms with Crippen LogP contribution in [0.4, 0.5) is 0 Å². The Morgan fingerprint density at radius 2 is 1.85 bits per heavy atom. The van der Waals surface area contributed by atoms with Crippen LogP contribution in [0.3, 0.4) is 0 Å². The standard InChI is InChI=1S/C20H15N5O/c1-13-19(14(2)24-12-23-13)17-6-5-16(10-15(17)11-21)26-20-18-4-3-8-25(18)9-7-22-20/h3-10,12H,1-2H3. The minimum absolute atomic E-state index is 0.490. The summed E-state index contributed by atoms with van der Waals surface area (Å²) in [6.07, 6.45) is 6.99. The number of benzene rings is 1. The van der Waals surface area contributed by atoms with Crippen LogP contribution >= 0.6 is 0 Å². The largest absolute Gasteiger partial charge is 0.437 e. The van der Waals surface area contributed by atoms with E-state index in [0.717, 1.165) is 28.0 Å². The molecule has 0 spiro atoms. The van der Waals surface area contributed by atoms with E-state index in [2.05, 4.69) is 21.0 Å². The summed E-state index contributed by atoms with van der Waals surface area (Å²) in [6.45, 7) is 3.82. The van der Waals surface area contributed by atoms with Crippen molar-refractivity contribution in [1.29, 1.82) is 5.26 Å². The summed E-state index contributed by atoms with van der Waals surface area (Å²) in [4.78, 5) is 12.8. The van der Waals surface area contributed by atoms with E-state index in [9.17, 15) is 5.26 Å². The fourth-order valence-corrected chi connectivity index (χ4v) is 3.01. The smallest absolute Gasteiger partial charge is 0.243 e. The molecule has 26 heavy (non-hydrogen) atoms. The molecule has 0 bridgehead atoms. The van der Waals surface area contributed by atoms with E-state index in [4.69, 9.17) is 4.74 Å². The fraction of sp³-hybridized carbons (Fsp3) is 0.100. The molecule has 0 aliphatic carbocycles. The summed E-state index contributed by atoms with van der Waals surface area (Å²) in [6, 6.07) is 11.5. The van der Waals surface area contributed by atoms with Gasteiger partial charge < -0.3 is 9.14 Å². The molecule has 4 rings (SSSR count). The van der Waals surface area contributed by atoms with Crippen LogP contribution < -0.4 is 4.74 Å². The van der Waals surface area contributed by atoms with E-state index < -0.39 is 0 Å². The number of nitriles is 1. The van der Waals surface area contributed by atoms with Gasteiger partial charge >= 0.3 is 0 Å². The zero-order chi connectivity index (χ0) is 18.1. The number of ether oxygens (including phenoxy) is 1. The molecular formula is C20H15N5O. The van der Waals surface area contributed by atoms with E-state index in [1.807, 2.05) is 54.9 Å². The van der Waals surface area contributed by atoms with Crippen molar-refractivity contribution < 1.29 is 4.74 Å². The second kappa shape index (κ2) is 6.30. The third-order valence-electron chi connectivity index (χ3n) is 4.24. The van der Waals surface area contributed by atoms with Crippen molar-refractivity contribution >= 4 is 5.52 Å². The van der Waals surface area contributed by atoms with Crippen LogP contribution in [0.2, 0.25) is 0 Å². The third kappa shape index (κ3) is 2.66. The van der Waals surface area contributed by atoms with Gasteiger partial charge in [0.2, 0.25) is 5.88 Å². The van der Waals surface area contributed by atoms with Crippen molar-refractivity contribution in [2.45, 2.75) is 13.8 Å². The lowest BCUT2D eigenvalue weighted by molar-refractivity contribution is 0.466. The summed E-state index contributed by atoms with van der Waals surface area (Å²) >= 11 is 0. The summed E-state index contributed by atoms with van der Waals surface area (Å²) in [5, 5.41) is 9.62. The molecule has 3 aromatic heterocycles. The Morgan fingerprint density at radius 1 is 1.04 bits per heavy atom. The van der Waals surface area contributed by atoms with E-state index >= 15 is 0 Å². The second-order valence-corrected chi connectivity index (χ2v) is 5.87. The van der Waals surface area contributed by atoms with Crippen LogP contribution in [0.15, 0.2) is 55.2 Å². The first-order valence-corrected chi connectivity index (χ1v) is 8.09. The number of nitrogens with zero attached hydrogens (tertiary/aromatic N) is 5. The van der Waals surface area contributed by atoms with Gasteiger partial charge in [-0.15, -0.1) is 0 Å². The number of rotatable bonds is 3. The molecule has 0 radical (unpaired) electrons.